The molecule has 0 aliphatic carbocycles. The third kappa shape index (κ3) is 1.86. The van der Waals surface area contributed by atoms with E-state index in [0.717, 1.165) is 5.76 Å². The van der Waals surface area contributed by atoms with Crippen LogP contribution in [0.15, 0.2) is 22.8 Å². The smallest absolute Gasteiger partial charge is 0.133 e. The summed E-state index contributed by atoms with van der Waals surface area (Å²) in [4.78, 5) is 0. The topological polar surface area (TPSA) is 22.4 Å². The molecule has 0 radical (unpaired) electrons. The van der Waals surface area contributed by atoms with Crippen molar-refractivity contribution in [1.29, 1.82) is 0 Å². The van der Waals surface area contributed by atoms with Gasteiger partial charge in [-0.2, -0.15) is 0 Å². The van der Waals surface area contributed by atoms with Gasteiger partial charge in [0.05, 0.1) is 6.26 Å². The molecule has 0 saturated heterocycles. The molecule has 0 N–H and O–H groups in total. The van der Waals surface area contributed by atoms with Crippen molar-refractivity contribution in [2.45, 2.75) is 12.5 Å². The summed E-state index contributed by atoms with van der Waals surface area (Å²) >= 11 is 0. The van der Waals surface area contributed by atoms with Crippen LogP contribution in [0.5, 0.6) is 0 Å². The SMILES string of the molecule is C#CCC(OC)c1ccco1. The third-order valence-corrected chi connectivity index (χ3v) is 1.45. The maximum absolute atomic E-state index is 5.14. The van der Waals surface area contributed by atoms with Crippen molar-refractivity contribution >= 4 is 0 Å². The van der Waals surface area contributed by atoms with Gasteiger partial charge < -0.3 is 9.15 Å². The standard InChI is InChI=1S/C9H10O2/c1-3-5-8(10-2)9-6-4-7-11-9/h1,4,6-8H,5H2,2H3. The first-order chi connectivity index (χ1) is 5.38. The molecular weight excluding hydrogens is 140 g/mol. The lowest BCUT2D eigenvalue weighted by Gasteiger charge is -2.07. The Balaban J connectivity index is 2.65. The highest BCUT2D eigenvalue weighted by Gasteiger charge is 2.10. The molecule has 1 atom stereocenters. The summed E-state index contributed by atoms with van der Waals surface area (Å²) in [7, 11) is 1.62. The lowest BCUT2D eigenvalue weighted by Crippen LogP contribution is -1.97. The summed E-state index contributed by atoms with van der Waals surface area (Å²) < 4.78 is 10.2. The molecule has 2 nitrogen and oxygen atoms in total. The molecule has 0 amide bonds. The number of ether oxygens (including phenoxy) is 1. The van der Waals surface area contributed by atoms with Gasteiger partial charge in [0.15, 0.2) is 0 Å². The van der Waals surface area contributed by atoms with E-state index in [-0.39, 0.29) is 6.10 Å². The van der Waals surface area contributed by atoms with Crippen LogP contribution in [0.2, 0.25) is 0 Å². The van der Waals surface area contributed by atoms with Crippen LogP contribution in [0.1, 0.15) is 18.3 Å². The highest BCUT2D eigenvalue weighted by Crippen LogP contribution is 2.19. The van der Waals surface area contributed by atoms with E-state index in [4.69, 9.17) is 15.6 Å². The van der Waals surface area contributed by atoms with Crippen molar-refractivity contribution in [3.8, 4) is 12.3 Å². The fraction of sp³-hybridized carbons (Fsp3) is 0.333. The second kappa shape index (κ2) is 3.85. The van der Waals surface area contributed by atoms with Gasteiger partial charge in [0.2, 0.25) is 0 Å². The predicted molar refractivity (Wildman–Crippen MR) is 41.9 cm³/mol. The van der Waals surface area contributed by atoms with Crippen molar-refractivity contribution < 1.29 is 9.15 Å². The van der Waals surface area contributed by atoms with E-state index in [1.165, 1.54) is 0 Å². The molecule has 0 bridgehead atoms. The Morgan fingerprint density at radius 3 is 3.09 bits per heavy atom. The van der Waals surface area contributed by atoms with E-state index in [1.807, 2.05) is 12.1 Å². The summed E-state index contributed by atoms with van der Waals surface area (Å²) in [5.74, 6) is 3.30. The number of hydrogen-bond acceptors (Lipinski definition) is 2. The minimum Gasteiger partial charge on any atom is -0.467 e. The Morgan fingerprint density at radius 2 is 2.64 bits per heavy atom. The van der Waals surface area contributed by atoms with Gasteiger partial charge >= 0.3 is 0 Å². The molecule has 0 aromatic carbocycles. The Labute approximate surface area is 66.2 Å². The minimum atomic E-state index is -0.102. The van der Waals surface area contributed by atoms with E-state index in [9.17, 15) is 0 Å². The maximum atomic E-state index is 5.14. The van der Waals surface area contributed by atoms with Crippen molar-refractivity contribution in [3.05, 3.63) is 24.2 Å². The van der Waals surface area contributed by atoms with Gasteiger partial charge in [0, 0.05) is 13.5 Å². The zero-order valence-corrected chi connectivity index (χ0v) is 6.41. The summed E-state index contributed by atoms with van der Waals surface area (Å²) in [5.41, 5.74) is 0. The van der Waals surface area contributed by atoms with E-state index >= 15 is 0 Å². The van der Waals surface area contributed by atoms with Gasteiger partial charge in [0.1, 0.15) is 11.9 Å². The van der Waals surface area contributed by atoms with Crippen LogP contribution in [-0.2, 0) is 4.74 Å². The second-order valence-electron chi connectivity index (χ2n) is 2.15. The summed E-state index contributed by atoms with van der Waals surface area (Å²) in [5, 5.41) is 0. The molecule has 0 spiro atoms. The van der Waals surface area contributed by atoms with Crippen molar-refractivity contribution in [2.75, 3.05) is 7.11 Å². The van der Waals surface area contributed by atoms with Gasteiger partial charge in [-0.05, 0) is 12.1 Å². The summed E-state index contributed by atoms with van der Waals surface area (Å²) in [6.07, 6.45) is 7.19. The van der Waals surface area contributed by atoms with E-state index in [1.54, 1.807) is 13.4 Å². The van der Waals surface area contributed by atoms with Gasteiger partial charge in [-0.3, -0.25) is 0 Å². The monoisotopic (exact) mass is 150 g/mol. The predicted octanol–water partition coefficient (Wildman–Crippen LogP) is 1.99. The molecule has 0 saturated carbocycles. The largest absolute Gasteiger partial charge is 0.467 e. The van der Waals surface area contributed by atoms with Crippen LogP contribution < -0.4 is 0 Å². The minimum absolute atomic E-state index is 0.102. The fourth-order valence-corrected chi connectivity index (χ4v) is 0.882. The molecule has 0 aliphatic heterocycles. The average Bonchev–Trinajstić information content (AvgIpc) is 2.52. The lowest BCUT2D eigenvalue weighted by molar-refractivity contribution is 0.0882. The van der Waals surface area contributed by atoms with Gasteiger partial charge in [-0.15, -0.1) is 12.3 Å². The Kier molecular flexibility index (Phi) is 2.76. The van der Waals surface area contributed by atoms with Crippen molar-refractivity contribution in [1.82, 2.24) is 0 Å². The number of furan rings is 1. The van der Waals surface area contributed by atoms with E-state index in [2.05, 4.69) is 5.92 Å². The third-order valence-electron chi connectivity index (χ3n) is 1.45. The molecular formula is C9H10O2. The summed E-state index contributed by atoms with van der Waals surface area (Å²) in [6, 6.07) is 3.67. The van der Waals surface area contributed by atoms with Crippen LogP contribution in [0.25, 0.3) is 0 Å². The van der Waals surface area contributed by atoms with Gasteiger partial charge in [-0.1, -0.05) is 0 Å². The molecule has 1 rings (SSSR count). The van der Waals surface area contributed by atoms with Crippen LogP contribution >= 0.6 is 0 Å². The number of methoxy groups -OCH3 is 1. The second-order valence-corrected chi connectivity index (χ2v) is 2.15. The Hall–Kier alpha value is -1.20. The number of rotatable bonds is 3. The quantitative estimate of drug-likeness (QED) is 0.615. The highest BCUT2D eigenvalue weighted by molar-refractivity contribution is 5.05. The molecule has 1 aromatic heterocycles. The van der Waals surface area contributed by atoms with Crippen LogP contribution in [0, 0.1) is 12.3 Å². The van der Waals surface area contributed by atoms with Crippen LogP contribution in [0.3, 0.4) is 0 Å². The first-order valence-electron chi connectivity index (χ1n) is 3.38. The fourth-order valence-electron chi connectivity index (χ4n) is 0.882. The van der Waals surface area contributed by atoms with Crippen molar-refractivity contribution in [3.63, 3.8) is 0 Å². The Bertz CT molecular complexity index is 231. The molecule has 11 heavy (non-hydrogen) atoms. The lowest BCUT2D eigenvalue weighted by atomic mass is 10.2. The molecule has 2 heteroatoms. The number of hydrogen-bond donors (Lipinski definition) is 0. The summed E-state index contributed by atoms with van der Waals surface area (Å²) in [6.45, 7) is 0. The zero-order chi connectivity index (χ0) is 8.10. The van der Waals surface area contributed by atoms with Gasteiger partial charge in [-0.25, -0.2) is 0 Å². The zero-order valence-electron chi connectivity index (χ0n) is 6.41. The van der Waals surface area contributed by atoms with Crippen LogP contribution in [0.4, 0.5) is 0 Å². The van der Waals surface area contributed by atoms with Gasteiger partial charge in [0.25, 0.3) is 0 Å². The van der Waals surface area contributed by atoms with E-state index < -0.39 is 0 Å². The maximum Gasteiger partial charge on any atom is 0.133 e. The van der Waals surface area contributed by atoms with Crippen molar-refractivity contribution in [2.24, 2.45) is 0 Å². The first-order valence-corrected chi connectivity index (χ1v) is 3.38. The van der Waals surface area contributed by atoms with Crippen LogP contribution in [-0.4, -0.2) is 7.11 Å². The van der Waals surface area contributed by atoms with E-state index in [0.29, 0.717) is 6.42 Å². The highest BCUT2D eigenvalue weighted by atomic mass is 16.5. The molecule has 58 valence electrons. The normalized spacial score (nSPS) is 12.4. The molecule has 1 aromatic rings. The average molecular weight is 150 g/mol. The number of terminal acetylenes is 1. The first kappa shape index (κ1) is 7.90. The molecule has 0 fully saturated rings. The molecule has 1 unspecified atom stereocenters. The Morgan fingerprint density at radius 1 is 1.82 bits per heavy atom. The molecule has 0 aliphatic rings. The molecule has 1 heterocycles.